The van der Waals surface area contributed by atoms with Gasteiger partial charge in [-0.3, -0.25) is 4.79 Å². The second-order valence-corrected chi connectivity index (χ2v) is 5.37. The lowest BCUT2D eigenvalue weighted by Gasteiger charge is -2.09. The van der Waals surface area contributed by atoms with Crippen LogP contribution >= 0.6 is 23.2 Å². The van der Waals surface area contributed by atoms with Crippen molar-refractivity contribution in [3.8, 4) is 0 Å². The Hall–Kier alpha value is -1.45. The number of hydrogen-bond donors (Lipinski definition) is 0. The van der Waals surface area contributed by atoms with E-state index in [1.165, 1.54) is 38.1 Å². The van der Waals surface area contributed by atoms with Gasteiger partial charge in [0.1, 0.15) is 11.6 Å². The Morgan fingerprint density at radius 2 is 1.20 bits per heavy atom. The summed E-state index contributed by atoms with van der Waals surface area (Å²) in [6.45, 7) is 2.97. The van der Waals surface area contributed by atoms with Gasteiger partial charge >= 0.3 is 0 Å². The number of carbonyl (C=O) groups is 1. The standard InChI is InChI=1S/C15H10Cl2F2O/c1-7-3-9(16)5-11(13(7)18)15(20)12-6-10(17)4-8(2)14(12)19/h3-6H,1-2H3. The number of ketones is 1. The van der Waals surface area contributed by atoms with Crippen LogP contribution in [0.25, 0.3) is 0 Å². The highest BCUT2D eigenvalue weighted by atomic mass is 35.5. The molecule has 2 aromatic carbocycles. The van der Waals surface area contributed by atoms with Crippen molar-refractivity contribution in [3.05, 3.63) is 68.2 Å². The van der Waals surface area contributed by atoms with Crippen LogP contribution in [0.15, 0.2) is 24.3 Å². The second-order valence-electron chi connectivity index (χ2n) is 4.50. The molecule has 2 aromatic rings. The molecule has 0 bridgehead atoms. The van der Waals surface area contributed by atoms with E-state index < -0.39 is 17.4 Å². The molecule has 0 aromatic heterocycles. The summed E-state index contributed by atoms with van der Waals surface area (Å²) in [7, 11) is 0. The topological polar surface area (TPSA) is 17.1 Å². The lowest BCUT2D eigenvalue weighted by Crippen LogP contribution is -2.09. The molecule has 0 fully saturated rings. The molecular weight excluding hydrogens is 305 g/mol. The molecular formula is C15H10Cl2F2O. The lowest BCUT2D eigenvalue weighted by molar-refractivity contribution is 0.103. The zero-order chi connectivity index (χ0) is 15.0. The average molecular weight is 315 g/mol. The predicted octanol–water partition coefficient (Wildman–Crippen LogP) is 5.12. The van der Waals surface area contributed by atoms with Gasteiger partial charge in [0.05, 0.1) is 11.1 Å². The predicted molar refractivity (Wildman–Crippen MR) is 75.7 cm³/mol. The summed E-state index contributed by atoms with van der Waals surface area (Å²) in [5, 5.41) is 0.429. The summed E-state index contributed by atoms with van der Waals surface area (Å²) in [6.07, 6.45) is 0. The van der Waals surface area contributed by atoms with Gasteiger partial charge in [0, 0.05) is 10.0 Å². The first-order valence-corrected chi connectivity index (χ1v) is 6.53. The SMILES string of the molecule is Cc1cc(Cl)cc(C(=O)c2cc(Cl)cc(C)c2F)c1F. The quantitative estimate of drug-likeness (QED) is 0.703. The van der Waals surface area contributed by atoms with E-state index in [0.717, 1.165) is 0 Å². The molecule has 5 heteroatoms. The Morgan fingerprint density at radius 1 is 0.850 bits per heavy atom. The van der Waals surface area contributed by atoms with Gasteiger partial charge < -0.3 is 0 Å². The molecule has 1 nitrogen and oxygen atoms in total. The second kappa shape index (κ2) is 5.51. The summed E-state index contributed by atoms with van der Waals surface area (Å²) < 4.78 is 28.0. The number of aryl methyl sites for hydroxylation is 2. The Balaban J connectivity index is 2.64. The van der Waals surface area contributed by atoms with Gasteiger partial charge in [0.2, 0.25) is 0 Å². The molecule has 0 aliphatic heterocycles. The molecule has 104 valence electrons. The third-order valence-electron chi connectivity index (χ3n) is 2.93. The highest BCUT2D eigenvalue weighted by Crippen LogP contribution is 2.26. The zero-order valence-electron chi connectivity index (χ0n) is 10.7. The molecule has 0 saturated heterocycles. The van der Waals surface area contributed by atoms with Crippen molar-refractivity contribution in [2.75, 3.05) is 0 Å². The third kappa shape index (κ3) is 2.69. The van der Waals surface area contributed by atoms with E-state index in [-0.39, 0.29) is 32.3 Å². The first-order valence-electron chi connectivity index (χ1n) is 5.77. The molecule has 0 heterocycles. The van der Waals surface area contributed by atoms with Crippen molar-refractivity contribution < 1.29 is 13.6 Å². The molecule has 0 radical (unpaired) electrons. The summed E-state index contributed by atoms with van der Waals surface area (Å²) in [5.74, 6) is -2.20. The largest absolute Gasteiger partial charge is 0.288 e. The molecule has 0 N–H and O–H groups in total. The molecule has 0 saturated carbocycles. The lowest BCUT2D eigenvalue weighted by atomic mass is 9.99. The van der Waals surface area contributed by atoms with Gasteiger partial charge in [-0.05, 0) is 49.2 Å². The fourth-order valence-corrected chi connectivity index (χ4v) is 2.47. The Bertz CT molecular complexity index is 652. The Kier molecular flexibility index (Phi) is 4.11. The van der Waals surface area contributed by atoms with Gasteiger partial charge in [-0.25, -0.2) is 8.78 Å². The number of benzene rings is 2. The van der Waals surface area contributed by atoms with Crippen molar-refractivity contribution >= 4 is 29.0 Å². The van der Waals surface area contributed by atoms with Crippen LogP contribution in [0.3, 0.4) is 0 Å². The van der Waals surface area contributed by atoms with Crippen LogP contribution in [0.1, 0.15) is 27.0 Å². The first-order chi connectivity index (χ1) is 9.31. The van der Waals surface area contributed by atoms with Crippen molar-refractivity contribution in [1.29, 1.82) is 0 Å². The maximum atomic E-state index is 14.0. The molecule has 0 amide bonds. The van der Waals surface area contributed by atoms with Crippen LogP contribution in [0.5, 0.6) is 0 Å². The number of hydrogen-bond acceptors (Lipinski definition) is 1. The highest BCUT2D eigenvalue weighted by molar-refractivity contribution is 6.32. The van der Waals surface area contributed by atoms with Crippen LogP contribution in [0, 0.1) is 25.5 Å². The molecule has 0 unspecified atom stereocenters. The monoisotopic (exact) mass is 314 g/mol. The maximum Gasteiger partial charge on any atom is 0.199 e. The van der Waals surface area contributed by atoms with E-state index >= 15 is 0 Å². The third-order valence-corrected chi connectivity index (χ3v) is 3.36. The van der Waals surface area contributed by atoms with E-state index in [1.54, 1.807) is 0 Å². The maximum absolute atomic E-state index is 14.0. The number of carbonyl (C=O) groups excluding carboxylic acids is 1. The first kappa shape index (κ1) is 14.9. The van der Waals surface area contributed by atoms with Gasteiger partial charge in [0.25, 0.3) is 0 Å². The number of rotatable bonds is 2. The molecule has 0 atom stereocenters. The fraction of sp³-hybridized carbons (Fsp3) is 0.133. The van der Waals surface area contributed by atoms with Crippen LogP contribution in [-0.2, 0) is 0 Å². The van der Waals surface area contributed by atoms with Crippen LogP contribution in [0.2, 0.25) is 10.0 Å². The summed E-state index contributed by atoms with van der Waals surface area (Å²) in [5.41, 5.74) is -0.0915. The van der Waals surface area contributed by atoms with Crippen LogP contribution in [-0.4, -0.2) is 5.78 Å². The highest BCUT2D eigenvalue weighted by Gasteiger charge is 2.21. The van der Waals surface area contributed by atoms with Gasteiger partial charge in [-0.1, -0.05) is 23.2 Å². The Morgan fingerprint density at radius 3 is 1.55 bits per heavy atom. The number of halogens is 4. The molecule has 20 heavy (non-hydrogen) atoms. The van der Waals surface area contributed by atoms with Crippen molar-refractivity contribution in [2.24, 2.45) is 0 Å². The van der Waals surface area contributed by atoms with Crippen LogP contribution in [0.4, 0.5) is 8.78 Å². The van der Waals surface area contributed by atoms with E-state index in [9.17, 15) is 13.6 Å². The van der Waals surface area contributed by atoms with Gasteiger partial charge in [0.15, 0.2) is 5.78 Å². The van der Waals surface area contributed by atoms with Gasteiger partial charge in [-0.15, -0.1) is 0 Å². The molecule has 0 aliphatic rings. The van der Waals surface area contributed by atoms with E-state index in [4.69, 9.17) is 23.2 Å². The smallest absolute Gasteiger partial charge is 0.199 e. The fourth-order valence-electron chi connectivity index (χ4n) is 1.93. The minimum atomic E-state index is -0.781. The summed E-state index contributed by atoms with van der Waals surface area (Å²) >= 11 is 11.6. The van der Waals surface area contributed by atoms with Crippen molar-refractivity contribution in [1.82, 2.24) is 0 Å². The molecule has 0 aliphatic carbocycles. The van der Waals surface area contributed by atoms with E-state index in [0.29, 0.717) is 0 Å². The molecule has 2 rings (SSSR count). The van der Waals surface area contributed by atoms with Crippen LogP contribution < -0.4 is 0 Å². The van der Waals surface area contributed by atoms with Gasteiger partial charge in [-0.2, -0.15) is 0 Å². The normalized spacial score (nSPS) is 10.7. The summed E-state index contributed by atoms with van der Waals surface area (Å²) in [6, 6.07) is 5.16. The minimum absolute atomic E-state index is 0.214. The van der Waals surface area contributed by atoms with E-state index in [1.807, 2.05) is 0 Å². The Labute approximate surface area is 125 Å². The van der Waals surface area contributed by atoms with E-state index in [2.05, 4.69) is 0 Å². The summed E-state index contributed by atoms with van der Waals surface area (Å²) in [4.78, 5) is 12.3. The zero-order valence-corrected chi connectivity index (χ0v) is 12.2. The molecule has 0 spiro atoms. The van der Waals surface area contributed by atoms with Crippen molar-refractivity contribution in [2.45, 2.75) is 13.8 Å². The minimum Gasteiger partial charge on any atom is -0.288 e. The van der Waals surface area contributed by atoms with Crippen molar-refractivity contribution in [3.63, 3.8) is 0 Å². The average Bonchev–Trinajstić information content (AvgIpc) is 2.37.